The van der Waals surface area contributed by atoms with Gasteiger partial charge < -0.3 is 9.84 Å². The van der Waals surface area contributed by atoms with Gasteiger partial charge in [0, 0.05) is 18.7 Å². The second kappa shape index (κ2) is 5.90. The fourth-order valence-corrected chi connectivity index (χ4v) is 3.82. The molecule has 0 saturated heterocycles. The molecule has 106 valence electrons. The highest BCUT2D eigenvalue weighted by Gasteiger charge is 2.30. The molecular formula is C13H19NO4S. The van der Waals surface area contributed by atoms with Crippen LogP contribution in [0, 0.1) is 5.92 Å². The first-order valence-corrected chi connectivity index (χ1v) is 7.82. The molecule has 0 bridgehead atoms. The Kier molecular flexibility index (Phi) is 4.44. The number of nitrogens with one attached hydrogen (secondary N) is 1. The van der Waals surface area contributed by atoms with Gasteiger partial charge in [-0.2, -0.15) is 0 Å². The lowest BCUT2D eigenvalue weighted by Crippen LogP contribution is -2.38. The maximum atomic E-state index is 12.3. The molecule has 2 atom stereocenters. The molecule has 2 rings (SSSR count). The Morgan fingerprint density at radius 1 is 1.42 bits per heavy atom. The number of hydrogen-bond donors (Lipinski definition) is 2. The molecule has 2 unspecified atom stereocenters. The van der Waals surface area contributed by atoms with E-state index in [1.807, 2.05) is 0 Å². The summed E-state index contributed by atoms with van der Waals surface area (Å²) in [6.45, 7) is 0.0191. The maximum Gasteiger partial charge on any atom is 0.240 e. The topological polar surface area (TPSA) is 75.6 Å². The third kappa shape index (κ3) is 3.26. The van der Waals surface area contributed by atoms with E-state index in [2.05, 4.69) is 4.72 Å². The zero-order valence-electron chi connectivity index (χ0n) is 10.9. The largest absolute Gasteiger partial charge is 0.497 e. The van der Waals surface area contributed by atoms with Gasteiger partial charge in [0.15, 0.2) is 0 Å². The number of aliphatic hydroxyl groups excluding tert-OH is 1. The SMILES string of the molecule is COc1cccc(S(=O)(=O)NC2CCCC2CO)c1. The molecule has 1 aliphatic carbocycles. The van der Waals surface area contributed by atoms with Crippen LogP contribution in [0.4, 0.5) is 0 Å². The predicted octanol–water partition coefficient (Wildman–Crippen LogP) is 1.13. The molecule has 0 aliphatic heterocycles. The number of methoxy groups -OCH3 is 1. The first-order chi connectivity index (χ1) is 9.06. The summed E-state index contributed by atoms with van der Waals surface area (Å²) in [5, 5.41) is 9.23. The zero-order valence-corrected chi connectivity index (χ0v) is 11.7. The molecule has 0 heterocycles. The van der Waals surface area contributed by atoms with E-state index in [1.54, 1.807) is 12.1 Å². The molecule has 19 heavy (non-hydrogen) atoms. The second-order valence-corrected chi connectivity index (χ2v) is 6.49. The van der Waals surface area contributed by atoms with Crippen molar-refractivity contribution in [2.75, 3.05) is 13.7 Å². The number of aliphatic hydroxyl groups is 1. The first kappa shape index (κ1) is 14.3. The van der Waals surface area contributed by atoms with Gasteiger partial charge in [0.1, 0.15) is 5.75 Å². The fraction of sp³-hybridized carbons (Fsp3) is 0.538. The van der Waals surface area contributed by atoms with Crippen LogP contribution in [0.2, 0.25) is 0 Å². The highest BCUT2D eigenvalue weighted by molar-refractivity contribution is 7.89. The van der Waals surface area contributed by atoms with Crippen LogP contribution in [-0.4, -0.2) is 33.3 Å². The van der Waals surface area contributed by atoms with Crippen molar-refractivity contribution in [2.24, 2.45) is 5.92 Å². The van der Waals surface area contributed by atoms with E-state index in [9.17, 15) is 13.5 Å². The van der Waals surface area contributed by atoms with Gasteiger partial charge in [-0.1, -0.05) is 12.5 Å². The summed E-state index contributed by atoms with van der Waals surface area (Å²) in [5.74, 6) is 0.522. The Labute approximate surface area is 113 Å². The van der Waals surface area contributed by atoms with Gasteiger partial charge in [-0.15, -0.1) is 0 Å². The Hall–Kier alpha value is -1.11. The van der Waals surface area contributed by atoms with Crippen LogP contribution >= 0.6 is 0 Å². The van der Waals surface area contributed by atoms with Gasteiger partial charge in [-0.05, 0) is 30.9 Å². The highest BCUT2D eigenvalue weighted by atomic mass is 32.2. The van der Waals surface area contributed by atoms with Crippen LogP contribution in [0.1, 0.15) is 19.3 Å². The maximum absolute atomic E-state index is 12.3. The number of hydrogen-bond acceptors (Lipinski definition) is 4. The third-order valence-corrected chi connectivity index (χ3v) is 5.04. The van der Waals surface area contributed by atoms with Gasteiger partial charge in [0.2, 0.25) is 10.0 Å². The Morgan fingerprint density at radius 3 is 2.89 bits per heavy atom. The Balaban J connectivity index is 2.17. The number of sulfonamides is 1. The van der Waals surface area contributed by atoms with Crippen LogP contribution in [0.15, 0.2) is 29.2 Å². The summed E-state index contributed by atoms with van der Waals surface area (Å²) >= 11 is 0. The van der Waals surface area contributed by atoms with E-state index in [0.717, 1.165) is 19.3 Å². The molecule has 0 radical (unpaired) electrons. The first-order valence-electron chi connectivity index (χ1n) is 6.34. The van der Waals surface area contributed by atoms with Crippen molar-refractivity contribution in [3.63, 3.8) is 0 Å². The van der Waals surface area contributed by atoms with Crippen molar-refractivity contribution in [1.82, 2.24) is 4.72 Å². The van der Waals surface area contributed by atoms with Crippen LogP contribution in [0.3, 0.4) is 0 Å². The minimum absolute atomic E-state index is 0.0142. The molecule has 6 heteroatoms. The Morgan fingerprint density at radius 2 is 2.21 bits per heavy atom. The summed E-state index contributed by atoms with van der Waals surface area (Å²) in [7, 11) is -2.06. The summed E-state index contributed by atoms with van der Waals surface area (Å²) in [4.78, 5) is 0.190. The number of rotatable bonds is 5. The molecule has 1 aromatic rings. The average molecular weight is 285 g/mol. The quantitative estimate of drug-likeness (QED) is 0.850. The molecule has 1 fully saturated rings. The molecule has 2 N–H and O–H groups in total. The van der Waals surface area contributed by atoms with Crippen molar-refractivity contribution in [3.8, 4) is 5.75 Å². The Bertz CT molecular complexity index is 529. The summed E-state index contributed by atoms with van der Waals surface area (Å²) in [6.07, 6.45) is 2.58. The van der Waals surface area contributed by atoms with Crippen LogP contribution in [-0.2, 0) is 10.0 Å². The van der Waals surface area contributed by atoms with Crippen molar-refractivity contribution in [1.29, 1.82) is 0 Å². The molecule has 1 saturated carbocycles. The summed E-state index contributed by atoms with van der Waals surface area (Å²) in [5.41, 5.74) is 0. The number of ether oxygens (including phenoxy) is 1. The molecule has 0 aromatic heterocycles. The van der Waals surface area contributed by atoms with E-state index in [-0.39, 0.29) is 23.5 Å². The monoisotopic (exact) mass is 285 g/mol. The van der Waals surface area contributed by atoms with E-state index < -0.39 is 10.0 Å². The average Bonchev–Trinajstić information content (AvgIpc) is 2.85. The molecule has 0 amide bonds. The van der Waals surface area contributed by atoms with Gasteiger partial charge in [0.25, 0.3) is 0 Å². The van der Waals surface area contributed by atoms with Gasteiger partial charge in [-0.25, -0.2) is 13.1 Å². The lowest BCUT2D eigenvalue weighted by molar-refractivity contribution is 0.213. The zero-order chi connectivity index (χ0) is 13.9. The normalized spacial score (nSPS) is 23.5. The lowest BCUT2D eigenvalue weighted by atomic mass is 10.1. The van der Waals surface area contributed by atoms with E-state index in [4.69, 9.17) is 4.74 Å². The molecular weight excluding hydrogens is 266 g/mol. The summed E-state index contributed by atoms with van der Waals surface area (Å²) < 4.78 is 32.2. The minimum Gasteiger partial charge on any atom is -0.497 e. The smallest absolute Gasteiger partial charge is 0.240 e. The predicted molar refractivity (Wildman–Crippen MR) is 71.5 cm³/mol. The second-order valence-electron chi connectivity index (χ2n) is 4.78. The highest BCUT2D eigenvalue weighted by Crippen LogP contribution is 2.27. The van der Waals surface area contributed by atoms with Crippen LogP contribution in [0.5, 0.6) is 5.75 Å². The molecule has 1 aromatic carbocycles. The van der Waals surface area contributed by atoms with Crippen molar-refractivity contribution in [3.05, 3.63) is 24.3 Å². The van der Waals surface area contributed by atoms with E-state index >= 15 is 0 Å². The van der Waals surface area contributed by atoms with Gasteiger partial charge in [0.05, 0.1) is 12.0 Å². The van der Waals surface area contributed by atoms with Gasteiger partial charge >= 0.3 is 0 Å². The van der Waals surface area contributed by atoms with Crippen molar-refractivity contribution < 1.29 is 18.3 Å². The van der Waals surface area contributed by atoms with Crippen molar-refractivity contribution >= 4 is 10.0 Å². The van der Waals surface area contributed by atoms with E-state index in [0.29, 0.717) is 5.75 Å². The minimum atomic E-state index is -3.56. The lowest BCUT2D eigenvalue weighted by Gasteiger charge is -2.19. The molecule has 1 aliphatic rings. The standard InChI is InChI=1S/C13H19NO4S/c1-18-11-5-3-6-12(8-11)19(16,17)14-13-7-2-4-10(13)9-15/h3,5-6,8,10,13-15H,2,4,7,9H2,1H3. The van der Waals surface area contributed by atoms with E-state index in [1.165, 1.54) is 19.2 Å². The number of benzene rings is 1. The molecule has 5 nitrogen and oxygen atoms in total. The van der Waals surface area contributed by atoms with Crippen LogP contribution < -0.4 is 9.46 Å². The molecule has 0 spiro atoms. The van der Waals surface area contributed by atoms with Gasteiger partial charge in [-0.3, -0.25) is 0 Å². The third-order valence-electron chi connectivity index (χ3n) is 3.55. The van der Waals surface area contributed by atoms with Crippen LogP contribution in [0.25, 0.3) is 0 Å². The van der Waals surface area contributed by atoms with Crippen molar-refractivity contribution in [2.45, 2.75) is 30.2 Å². The summed E-state index contributed by atoms with van der Waals surface area (Å²) in [6, 6.07) is 6.19. The fourth-order valence-electron chi connectivity index (χ4n) is 2.45.